The van der Waals surface area contributed by atoms with Gasteiger partial charge in [0.2, 0.25) is 11.8 Å². The second kappa shape index (κ2) is 6.00. The molecule has 1 aliphatic rings. The molecule has 0 aromatic carbocycles. The van der Waals surface area contributed by atoms with Crippen LogP contribution in [0, 0.1) is 17.8 Å². The molecule has 19 heavy (non-hydrogen) atoms. The topological polar surface area (TPSA) is 57.6 Å². The first-order valence-electron chi connectivity index (χ1n) is 6.14. The Bertz CT molecular complexity index is 553. The van der Waals surface area contributed by atoms with Crippen molar-refractivity contribution in [1.29, 1.82) is 0 Å². The van der Waals surface area contributed by atoms with Crippen molar-refractivity contribution in [2.75, 3.05) is 6.61 Å². The number of nitrogens with zero attached hydrogens (tertiary/aromatic N) is 1. The minimum atomic E-state index is -0.198. The van der Waals surface area contributed by atoms with Crippen molar-refractivity contribution < 1.29 is 14.7 Å². The maximum atomic E-state index is 11.8. The van der Waals surface area contributed by atoms with Gasteiger partial charge in [0.05, 0.1) is 18.0 Å². The molecule has 1 aliphatic heterocycles. The van der Waals surface area contributed by atoms with E-state index in [9.17, 15) is 9.59 Å². The predicted molar refractivity (Wildman–Crippen MR) is 72.2 cm³/mol. The number of rotatable bonds is 3. The summed E-state index contributed by atoms with van der Waals surface area (Å²) in [6, 6.07) is 3.76. The second-order valence-corrected chi connectivity index (χ2v) is 5.63. The van der Waals surface area contributed by atoms with Gasteiger partial charge in [-0.15, -0.1) is 11.3 Å². The number of aliphatic hydroxyl groups is 1. The monoisotopic (exact) mass is 277 g/mol. The normalized spacial score (nSPS) is 18.6. The van der Waals surface area contributed by atoms with Crippen LogP contribution in [0.3, 0.4) is 0 Å². The third-order valence-electron chi connectivity index (χ3n) is 2.89. The van der Waals surface area contributed by atoms with Crippen molar-refractivity contribution in [2.45, 2.75) is 26.3 Å². The van der Waals surface area contributed by atoms with Gasteiger partial charge in [-0.2, -0.15) is 0 Å². The van der Waals surface area contributed by atoms with Crippen LogP contribution in [0.4, 0.5) is 0 Å². The zero-order chi connectivity index (χ0) is 13.8. The van der Waals surface area contributed by atoms with Crippen LogP contribution >= 0.6 is 11.3 Å². The van der Waals surface area contributed by atoms with Crippen LogP contribution in [-0.2, 0) is 16.1 Å². The van der Waals surface area contributed by atoms with Crippen LogP contribution in [0.25, 0.3) is 0 Å². The lowest BCUT2D eigenvalue weighted by Crippen LogP contribution is -2.29. The molecule has 0 bridgehead atoms. The minimum Gasteiger partial charge on any atom is -0.395 e. The number of thiophene rings is 1. The van der Waals surface area contributed by atoms with Gasteiger partial charge < -0.3 is 5.11 Å². The summed E-state index contributed by atoms with van der Waals surface area (Å²) in [6.07, 6.45) is 0.765. The van der Waals surface area contributed by atoms with Crippen molar-refractivity contribution in [3.05, 3.63) is 21.9 Å². The van der Waals surface area contributed by atoms with E-state index < -0.39 is 0 Å². The Morgan fingerprint density at radius 3 is 2.89 bits per heavy atom. The smallest absolute Gasteiger partial charge is 0.232 e. The van der Waals surface area contributed by atoms with E-state index in [1.165, 1.54) is 16.2 Å². The molecule has 1 fully saturated rings. The molecule has 100 valence electrons. The molecule has 1 N–H and O–H groups in total. The van der Waals surface area contributed by atoms with Crippen molar-refractivity contribution in [3.8, 4) is 11.8 Å². The van der Waals surface area contributed by atoms with E-state index in [1.807, 2.05) is 12.1 Å². The molecule has 1 atom stereocenters. The highest BCUT2D eigenvalue weighted by molar-refractivity contribution is 7.12. The third kappa shape index (κ3) is 3.22. The summed E-state index contributed by atoms with van der Waals surface area (Å²) >= 11 is 1.47. The van der Waals surface area contributed by atoms with E-state index in [1.54, 1.807) is 6.92 Å². The van der Waals surface area contributed by atoms with Gasteiger partial charge in [0.1, 0.15) is 0 Å². The van der Waals surface area contributed by atoms with E-state index in [0.717, 1.165) is 9.75 Å². The largest absolute Gasteiger partial charge is 0.395 e. The molecule has 0 radical (unpaired) electrons. The molecular formula is C14H15NO3S. The number of likely N-dealkylation sites (tertiary alicyclic amines) is 1. The molecule has 2 amide bonds. The molecule has 1 aromatic rings. The first-order valence-corrected chi connectivity index (χ1v) is 6.96. The summed E-state index contributed by atoms with van der Waals surface area (Å²) in [7, 11) is 0. The van der Waals surface area contributed by atoms with Crippen LogP contribution in [0.2, 0.25) is 0 Å². The van der Waals surface area contributed by atoms with Crippen molar-refractivity contribution >= 4 is 23.2 Å². The Morgan fingerprint density at radius 1 is 1.47 bits per heavy atom. The Kier molecular flexibility index (Phi) is 4.35. The quantitative estimate of drug-likeness (QED) is 0.671. The summed E-state index contributed by atoms with van der Waals surface area (Å²) in [5.41, 5.74) is 0. The molecule has 0 spiro atoms. The fraction of sp³-hybridized carbons (Fsp3) is 0.429. The number of amides is 2. The van der Waals surface area contributed by atoms with Crippen LogP contribution < -0.4 is 0 Å². The highest BCUT2D eigenvalue weighted by Crippen LogP contribution is 2.24. The summed E-state index contributed by atoms with van der Waals surface area (Å²) < 4.78 is 0. The van der Waals surface area contributed by atoms with Gasteiger partial charge in [0, 0.05) is 23.6 Å². The summed E-state index contributed by atoms with van der Waals surface area (Å²) in [4.78, 5) is 26.6. The average Bonchev–Trinajstić information content (AvgIpc) is 2.91. The van der Waals surface area contributed by atoms with Gasteiger partial charge in [-0.25, -0.2) is 0 Å². The zero-order valence-corrected chi connectivity index (χ0v) is 11.5. The number of aliphatic hydroxyl groups excluding tert-OH is 1. The lowest BCUT2D eigenvalue weighted by atomic mass is 10.1. The van der Waals surface area contributed by atoms with Gasteiger partial charge in [0.15, 0.2) is 0 Å². The Balaban J connectivity index is 2.03. The molecule has 2 rings (SSSR count). The van der Waals surface area contributed by atoms with Crippen LogP contribution in [0.15, 0.2) is 12.1 Å². The molecule has 1 saturated heterocycles. The summed E-state index contributed by atoms with van der Waals surface area (Å²) in [5.74, 6) is 5.40. The molecule has 0 aliphatic carbocycles. The van der Waals surface area contributed by atoms with Crippen molar-refractivity contribution in [1.82, 2.24) is 4.90 Å². The van der Waals surface area contributed by atoms with Crippen molar-refractivity contribution in [2.24, 2.45) is 5.92 Å². The van der Waals surface area contributed by atoms with E-state index in [0.29, 0.717) is 19.4 Å². The molecule has 5 heteroatoms. The number of imide groups is 1. The van der Waals surface area contributed by atoms with E-state index in [4.69, 9.17) is 5.11 Å². The lowest BCUT2D eigenvalue weighted by molar-refractivity contribution is -0.139. The Labute approximate surface area is 116 Å². The van der Waals surface area contributed by atoms with Gasteiger partial charge in [-0.05, 0) is 12.1 Å². The van der Waals surface area contributed by atoms with E-state index in [-0.39, 0.29) is 24.3 Å². The molecule has 0 saturated carbocycles. The SMILES string of the molecule is CC1CC(=O)N(Cc2ccc(C#CCCO)s2)C1=O. The van der Waals surface area contributed by atoms with Gasteiger partial charge in [0.25, 0.3) is 0 Å². The maximum absolute atomic E-state index is 11.8. The van der Waals surface area contributed by atoms with E-state index in [2.05, 4.69) is 11.8 Å². The molecule has 2 heterocycles. The average molecular weight is 277 g/mol. The van der Waals surface area contributed by atoms with Crippen LogP contribution in [0.5, 0.6) is 0 Å². The predicted octanol–water partition coefficient (Wildman–Crippen LogP) is 1.38. The minimum absolute atomic E-state index is 0.0555. The fourth-order valence-electron chi connectivity index (χ4n) is 1.91. The number of hydrogen-bond acceptors (Lipinski definition) is 4. The first kappa shape index (κ1) is 13.8. The van der Waals surface area contributed by atoms with Gasteiger partial charge in [-0.1, -0.05) is 18.8 Å². The fourth-order valence-corrected chi connectivity index (χ4v) is 2.78. The highest BCUT2D eigenvalue weighted by Gasteiger charge is 2.35. The molecule has 4 nitrogen and oxygen atoms in total. The van der Waals surface area contributed by atoms with Crippen LogP contribution in [0.1, 0.15) is 29.5 Å². The molecular weight excluding hydrogens is 262 g/mol. The first-order chi connectivity index (χ1) is 9.11. The van der Waals surface area contributed by atoms with Crippen molar-refractivity contribution in [3.63, 3.8) is 0 Å². The van der Waals surface area contributed by atoms with Crippen LogP contribution in [-0.4, -0.2) is 28.4 Å². The van der Waals surface area contributed by atoms with Gasteiger partial charge >= 0.3 is 0 Å². The van der Waals surface area contributed by atoms with Gasteiger partial charge in [-0.3, -0.25) is 14.5 Å². The summed E-state index contributed by atoms with van der Waals surface area (Å²) in [6.45, 7) is 2.18. The number of carbonyl (C=O) groups is 2. The summed E-state index contributed by atoms with van der Waals surface area (Å²) in [5, 5.41) is 8.64. The number of carbonyl (C=O) groups excluding carboxylic acids is 2. The molecule has 1 aromatic heterocycles. The zero-order valence-electron chi connectivity index (χ0n) is 10.7. The molecule has 1 unspecified atom stereocenters. The van der Waals surface area contributed by atoms with E-state index >= 15 is 0 Å². The third-order valence-corrected chi connectivity index (χ3v) is 3.88. The Hall–Kier alpha value is -1.64. The standard InChI is InChI=1S/C14H15NO3S/c1-10-8-13(17)15(14(10)18)9-12-6-5-11(19-12)4-2-3-7-16/h5-6,10,16H,3,7-9H2,1H3. The Morgan fingerprint density at radius 2 is 2.26 bits per heavy atom. The lowest BCUT2D eigenvalue weighted by Gasteiger charge is -2.12. The highest BCUT2D eigenvalue weighted by atomic mass is 32.1. The second-order valence-electron chi connectivity index (χ2n) is 4.46. The maximum Gasteiger partial charge on any atom is 0.232 e. The number of hydrogen-bond donors (Lipinski definition) is 1.